The van der Waals surface area contributed by atoms with E-state index < -0.39 is 0 Å². The Morgan fingerprint density at radius 1 is 1.47 bits per heavy atom. The van der Waals surface area contributed by atoms with Crippen molar-refractivity contribution >= 4 is 15.9 Å². The molecule has 1 atom stereocenters. The molecule has 19 heavy (non-hydrogen) atoms. The van der Waals surface area contributed by atoms with Gasteiger partial charge in [0.1, 0.15) is 5.82 Å². The fraction of sp³-hybridized carbons (Fsp3) is 0.357. The molecule has 2 N–H and O–H groups in total. The highest BCUT2D eigenvalue weighted by molar-refractivity contribution is 9.10. The molecule has 1 aromatic carbocycles. The van der Waals surface area contributed by atoms with Crippen LogP contribution in [0.25, 0.3) is 0 Å². The van der Waals surface area contributed by atoms with Crippen molar-refractivity contribution in [3.05, 3.63) is 51.5 Å². The first kappa shape index (κ1) is 14.2. The summed E-state index contributed by atoms with van der Waals surface area (Å²) in [5.41, 5.74) is 9.02. The zero-order valence-electron chi connectivity index (χ0n) is 11.0. The van der Waals surface area contributed by atoms with Gasteiger partial charge >= 0.3 is 0 Å². The first-order valence-electron chi connectivity index (χ1n) is 6.27. The van der Waals surface area contributed by atoms with Gasteiger partial charge in [-0.15, -0.1) is 0 Å². The van der Waals surface area contributed by atoms with Crippen LogP contribution in [0.15, 0.2) is 28.9 Å². The quantitative estimate of drug-likeness (QED) is 0.934. The number of benzene rings is 1. The number of nitrogens with zero attached hydrogens (tertiary/aromatic N) is 2. The lowest BCUT2D eigenvalue weighted by molar-refractivity contribution is 0.557. The predicted octanol–water partition coefficient (Wildman–Crippen LogP) is 3.55. The Labute approximate surface area is 120 Å². The number of aromatic nitrogens is 2. The fourth-order valence-corrected chi connectivity index (χ4v) is 2.75. The smallest absolute Gasteiger partial charge is 0.123 e. The summed E-state index contributed by atoms with van der Waals surface area (Å²) in [7, 11) is 0. The van der Waals surface area contributed by atoms with E-state index in [1.54, 1.807) is 12.3 Å². The number of hydrogen-bond donors (Lipinski definition) is 1. The highest BCUT2D eigenvalue weighted by atomic mass is 79.9. The third kappa shape index (κ3) is 2.87. The van der Waals surface area contributed by atoms with Gasteiger partial charge in [-0.2, -0.15) is 5.10 Å². The third-order valence-corrected chi connectivity index (χ3v) is 3.74. The van der Waals surface area contributed by atoms with Crippen LogP contribution in [0.2, 0.25) is 0 Å². The molecule has 2 rings (SSSR count). The normalized spacial score (nSPS) is 12.7. The number of aryl methyl sites for hydroxylation is 2. The molecule has 1 heterocycles. The van der Waals surface area contributed by atoms with E-state index in [0.29, 0.717) is 0 Å². The Bertz CT molecular complexity index is 580. The molecule has 0 fully saturated rings. The van der Waals surface area contributed by atoms with E-state index in [-0.39, 0.29) is 11.9 Å². The van der Waals surface area contributed by atoms with Crippen LogP contribution in [0.4, 0.5) is 4.39 Å². The first-order chi connectivity index (χ1) is 9.04. The second-order valence-corrected chi connectivity index (χ2v) is 5.43. The van der Waals surface area contributed by atoms with Crippen molar-refractivity contribution in [1.29, 1.82) is 0 Å². The van der Waals surface area contributed by atoms with Crippen LogP contribution in [-0.4, -0.2) is 9.78 Å². The maximum atomic E-state index is 13.2. The molecule has 3 nitrogen and oxygen atoms in total. The molecule has 2 aromatic rings. The summed E-state index contributed by atoms with van der Waals surface area (Å²) in [5, 5.41) is 4.31. The van der Waals surface area contributed by atoms with Gasteiger partial charge in [-0.25, -0.2) is 4.39 Å². The predicted molar refractivity (Wildman–Crippen MR) is 77.4 cm³/mol. The summed E-state index contributed by atoms with van der Waals surface area (Å²) in [4.78, 5) is 0. The van der Waals surface area contributed by atoms with Gasteiger partial charge in [0.25, 0.3) is 0 Å². The molecule has 1 unspecified atom stereocenters. The molecular weight excluding hydrogens is 309 g/mol. The molecule has 5 heteroatoms. The Morgan fingerprint density at radius 3 is 2.84 bits per heavy atom. The Morgan fingerprint density at radius 2 is 2.21 bits per heavy atom. The zero-order chi connectivity index (χ0) is 14.0. The molecule has 0 aliphatic carbocycles. The Kier molecular flexibility index (Phi) is 4.37. The van der Waals surface area contributed by atoms with Gasteiger partial charge in [-0.05, 0) is 52.5 Å². The molecule has 0 bridgehead atoms. The molecule has 0 aliphatic rings. The summed E-state index contributed by atoms with van der Waals surface area (Å²) in [5.74, 6) is -0.241. The molecular formula is C14H17BrFN3. The maximum absolute atomic E-state index is 13.2. The second kappa shape index (κ2) is 5.84. The minimum absolute atomic E-state index is 0.241. The van der Waals surface area contributed by atoms with E-state index in [2.05, 4.69) is 28.0 Å². The van der Waals surface area contributed by atoms with Crippen LogP contribution >= 0.6 is 15.9 Å². The van der Waals surface area contributed by atoms with Gasteiger partial charge in [0.2, 0.25) is 0 Å². The van der Waals surface area contributed by atoms with E-state index in [9.17, 15) is 4.39 Å². The van der Waals surface area contributed by atoms with Crippen molar-refractivity contribution in [2.45, 2.75) is 32.9 Å². The maximum Gasteiger partial charge on any atom is 0.123 e. The highest BCUT2D eigenvalue weighted by Gasteiger charge is 2.19. The second-order valence-electron chi connectivity index (χ2n) is 4.58. The Balaban J connectivity index is 2.43. The average molecular weight is 326 g/mol. The van der Waals surface area contributed by atoms with Crippen LogP contribution in [0.3, 0.4) is 0 Å². The van der Waals surface area contributed by atoms with Gasteiger partial charge < -0.3 is 5.73 Å². The van der Waals surface area contributed by atoms with Crippen LogP contribution in [0.1, 0.15) is 36.2 Å². The lowest BCUT2D eigenvalue weighted by Gasteiger charge is -2.17. The lowest BCUT2D eigenvalue weighted by atomic mass is 9.99. The minimum atomic E-state index is -0.316. The van der Waals surface area contributed by atoms with Crippen molar-refractivity contribution in [2.24, 2.45) is 5.73 Å². The van der Waals surface area contributed by atoms with E-state index in [4.69, 9.17) is 5.73 Å². The van der Waals surface area contributed by atoms with Crippen LogP contribution < -0.4 is 5.73 Å². The van der Waals surface area contributed by atoms with E-state index >= 15 is 0 Å². The van der Waals surface area contributed by atoms with Gasteiger partial charge in [0, 0.05) is 6.54 Å². The molecule has 0 spiro atoms. The molecule has 0 saturated carbocycles. The molecule has 102 valence electrons. The van der Waals surface area contributed by atoms with E-state index in [0.717, 1.165) is 34.3 Å². The molecule has 0 saturated heterocycles. The summed E-state index contributed by atoms with van der Waals surface area (Å²) in [6.45, 7) is 4.77. The van der Waals surface area contributed by atoms with Crippen molar-refractivity contribution < 1.29 is 4.39 Å². The number of rotatable bonds is 4. The molecule has 0 radical (unpaired) electrons. The largest absolute Gasteiger partial charge is 0.319 e. The van der Waals surface area contributed by atoms with Crippen molar-refractivity contribution in [3.8, 4) is 0 Å². The van der Waals surface area contributed by atoms with Gasteiger partial charge in [-0.1, -0.05) is 13.0 Å². The summed E-state index contributed by atoms with van der Waals surface area (Å²) in [6.07, 6.45) is 2.74. The number of nitrogens with two attached hydrogens (primary N) is 1. The van der Waals surface area contributed by atoms with Gasteiger partial charge in [0.05, 0.1) is 22.4 Å². The van der Waals surface area contributed by atoms with Crippen molar-refractivity contribution in [3.63, 3.8) is 0 Å². The van der Waals surface area contributed by atoms with E-state index in [1.807, 2.05) is 11.6 Å². The summed E-state index contributed by atoms with van der Waals surface area (Å²) in [6, 6.07) is 4.37. The van der Waals surface area contributed by atoms with E-state index in [1.165, 1.54) is 12.1 Å². The standard InChI is InChI=1S/C14H17BrFN3/c1-3-6-19-14(12(15)8-18-19)13(17)11-5-4-10(16)7-9(11)2/h4-5,7-8,13H,3,6,17H2,1-2H3. The minimum Gasteiger partial charge on any atom is -0.319 e. The van der Waals surface area contributed by atoms with Gasteiger partial charge in [-0.3, -0.25) is 4.68 Å². The van der Waals surface area contributed by atoms with Gasteiger partial charge in [0.15, 0.2) is 0 Å². The van der Waals surface area contributed by atoms with Crippen LogP contribution in [-0.2, 0) is 6.54 Å². The average Bonchev–Trinajstić information content (AvgIpc) is 2.70. The lowest BCUT2D eigenvalue weighted by Crippen LogP contribution is -2.19. The number of halogens is 2. The SMILES string of the molecule is CCCn1ncc(Br)c1C(N)c1ccc(F)cc1C. The first-order valence-corrected chi connectivity index (χ1v) is 7.06. The summed E-state index contributed by atoms with van der Waals surface area (Å²) < 4.78 is 16.0. The monoisotopic (exact) mass is 325 g/mol. The Hall–Kier alpha value is -1.20. The van der Waals surface area contributed by atoms with Crippen LogP contribution in [0, 0.1) is 12.7 Å². The summed E-state index contributed by atoms with van der Waals surface area (Å²) >= 11 is 3.49. The zero-order valence-corrected chi connectivity index (χ0v) is 12.6. The van der Waals surface area contributed by atoms with Crippen LogP contribution in [0.5, 0.6) is 0 Å². The molecule has 1 aromatic heterocycles. The molecule has 0 aliphatic heterocycles. The highest BCUT2D eigenvalue weighted by Crippen LogP contribution is 2.29. The topological polar surface area (TPSA) is 43.8 Å². The fourth-order valence-electron chi connectivity index (χ4n) is 2.21. The third-order valence-electron chi connectivity index (χ3n) is 3.13. The number of hydrogen-bond acceptors (Lipinski definition) is 2. The molecule has 0 amide bonds. The van der Waals surface area contributed by atoms with Crippen molar-refractivity contribution in [1.82, 2.24) is 9.78 Å². The van der Waals surface area contributed by atoms with Crippen molar-refractivity contribution in [2.75, 3.05) is 0 Å².